The number of hydrogen-bond donors (Lipinski definition) is 0. The van der Waals surface area contributed by atoms with Crippen molar-refractivity contribution in [2.45, 2.75) is 53.1 Å². The highest BCUT2D eigenvalue weighted by atomic mass is 16.6. The fraction of sp³-hybridized carbons (Fsp3) is 0.357. The van der Waals surface area contributed by atoms with E-state index in [9.17, 15) is 9.59 Å². The summed E-state index contributed by atoms with van der Waals surface area (Å²) in [5.74, 6) is -0.602. The zero-order valence-electron chi connectivity index (χ0n) is 19.5. The molecule has 0 bridgehead atoms. The maximum absolute atomic E-state index is 13.0. The number of benzene rings is 4. The third-order valence-electron chi connectivity index (χ3n) is 6.44. The number of carbonyl (C=O) groups excluding carboxylic acids is 2. The summed E-state index contributed by atoms with van der Waals surface area (Å²) < 4.78 is 11.2. The van der Waals surface area contributed by atoms with E-state index in [4.69, 9.17) is 9.47 Å². The van der Waals surface area contributed by atoms with E-state index in [2.05, 4.69) is 42.5 Å². The van der Waals surface area contributed by atoms with Gasteiger partial charge in [0, 0.05) is 6.42 Å². The molecule has 4 aromatic rings. The zero-order valence-corrected chi connectivity index (χ0v) is 19.5. The first-order valence-corrected chi connectivity index (χ1v) is 11.2. The van der Waals surface area contributed by atoms with E-state index in [1.54, 1.807) is 0 Å². The highest BCUT2D eigenvalue weighted by Crippen LogP contribution is 2.35. The van der Waals surface area contributed by atoms with Gasteiger partial charge in [-0.15, -0.1) is 0 Å². The molecule has 32 heavy (non-hydrogen) atoms. The van der Waals surface area contributed by atoms with Gasteiger partial charge in [-0.25, -0.2) is 4.79 Å². The molecule has 4 rings (SSSR count). The van der Waals surface area contributed by atoms with E-state index in [0.717, 1.165) is 10.8 Å². The lowest BCUT2D eigenvalue weighted by Crippen LogP contribution is -2.32. The van der Waals surface area contributed by atoms with Crippen LogP contribution in [0, 0.1) is 5.41 Å². The monoisotopic (exact) mass is 430 g/mol. The Labute approximate surface area is 188 Å². The maximum Gasteiger partial charge on any atom is 0.338 e. The van der Waals surface area contributed by atoms with E-state index in [1.165, 1.54) is 21.5 Å². The van der Waals surface area contributed by atoms with Crippen molar-refractivity contribution in [3.63, 3.8) is 0 Å². The van der Waals surface area contributed by atoms with E-state index in [1.807, 2.05) is 46.8 Å². The lowest BCUT2D eigenvalue weighted by molar-refractivity contribution is -0.155. The third-order valence-corrected chi connectivity index (χ3v) is 6.44. The first-order valence-electron chi connectivity index (χ1n) is 11.2. The summed E-state index contributed by atoms with van der Waals surface area (Å²) in [5.41, 5.74) is -0.745. The first-order chi connectivity index (χ1) is 15.1. The molecule has 0 radical (unpaired) electrons. The van der Waals surface area contributed by atoms with Gasteiger partial charge in [0.25, 0.3) is 0 Å². The molecule has 0 aliphatic rings. The van der Waals surface area contributed by atoms with Crippen LogP contribution in [0.15, 0.2) is 54.6 Å². The molecule has 166 valence electrons. The molecular weight excluding hydrogens is 400 g/mol. The van der Waals surface area contributed by atoms with Gasteiger partial charge in [0.1, 0.15) is 5.60 Å². The average molecular weight is 431 g/mol. The average Bonchev–Trinajstić information content (AvgIpc) is 2.76. The minimum atomic E-state index is -0.758. The summed E-state index contributed by atoms with van der Waals surface area (Å²) in [4.78, 5) is 25.2. The fourth-order valence-corrected chi connectivity index (χ4v) is 3.96. The van der Waals surface area contributed by atoms with Crippen LogP contribution in [0.5, 0.6) is 0 Å². The SMILES string of the molecule is CCC(C)(C)C(=O)OCCC(C)(C)OC(=O)c1cc2ccc3cccc4ccc(c1)c2c34. The molecule has 0 aliphatic heterocycles. The molecule has 0 fully saturated rings. The predicted molar refractivity (Wildman–Crippen MR) is 129 cm³/mol. The van der Waals surface area contributed by atoms with Crippen LogP contribution in [0.1, 0.15) is 57.8 Å². The van der Waals surface area contributed by atoms with Gasteiger partial charge in [-0.3, -0.25) is 4.79 Å². The predicted octanol–water partition coefficient (Wildman–Crippen LogP) is 6.89. The van der Waals surface area contributed by atoms with Gasteiger partial charge in [0.2, 0.25) is 0 Å². The van der Waals surface area contributed by atoms with Crippen molar-refractivity contribution in [3.05, 3.63) is 60.2 Å². The number of hydrogen-bond acceptors (Lipinski definition) is 4. The molecule has 0 aliphatic carbocycles. The minimum Gasteiger partial charge on any atom is -0.465 e. The van der Waals surface area contributed by atoms with Crippen LogP contribution in [-0.4, -0.2) is 24.1 Å². The molecule has 4 heteroatoms. The second-order valence-electron chi connectivity index (χ2n) is 9.78. The fourth-order valence-electron chi connectivity index (χ4n) is 3.96. The van der Waals surface area contributed by atoms with Gasteiger partial charge < -0.3 is 9.47 Å². The van der Waals surface area contributed by atoms with Crippen molar-refractivity contribution in [1.82, 2.24) is 0 Å². The van der Waals surface area contributed by atoms with Gasteiger partial charge in [-0.05, 0) is 78.6 Å². The van der Waals surface area contributed by atoms with Crippen molar-refractivity contribution in [3.8, 4) is 0 Å². The van der Waals surface area contributed by atoms with Crippen molar-refractivity contribution in [2.75, 3.05) is 6.61 Å². The number of ether oxygens (including phenoxy) is 2. The zero-order chi connectivity index (χ0) is 23.1. The number of esters is 2. The maximum atomic E-state index is 13.0. The summed E-state index contributed by atoms with van der Waals surface area (Å²) >= 11 is 0. The molecule has 0 spiro atoms. The molecule has 0 saturated carbocycles. The van der Waals surface area contributed by atoms with Crippen molar-refractivity contribution in [1.29, 1.82) is 0 Å². The Morgan fingerprint density at radius 2 is 1.34 bits per heavy atom. The second-order valence-corrected chi connectivity index (χ2v) is 9.78. The molecule has 0 heterocycles. The smallest absolute Gasteiger partial charge is 0.338 e. The van der Waals surface area contributed by atoms with Crippen LogP contribution in [0.4, 0.5) is 0 Å². The number of rotatable bonds is 7. The summed E-state index contributed by atoms with van der Waals surface area (Å²) in [6.07, 6.45) is 1.14. The van der Waals surface area contributed by atoms with E-state index < -0.39 is 11.0 Å². The molecule has 4 aromatic carbocycles. The summed E-state index contributed by atoms with van der Waals surface area (Å²) in [5, 5.41) is 6.82. The largest absolute Gasteiger partial charge is 0.465 e. The third kappa shape index (κ3) is 4.14. The molecule has 0 unspecified atom stereocenters. The highest BCUT2D eigenvalue weighted by molar-refractivity contribution is 6.23. The molecule has 0 saturated heterocycles. The summed E-state index contributed by atoms with van der Waals surface area (Å²) in [7, 11) is 0. The van der Waals surface area contributed by atoms with E-state index in [-0.39, 0.29) is 18.5 Å². The number of carbonyl (C=O) groups is 2. The van der Waals surface area contributed by atoms with Crippen LogP contribution in [-0.2, 0) is 14.3 Å². The van der Waals surface area contributed by atoms with Gasteiger partial charge in [-0.1, -0.05) is 49.4 Å². The molecule has 4 nitrogen and oxygen atoms in total. The second kappa shape index (κ2) is 8.09. The Balaban J connectivity index is 1.52. The lowest BCUT2D eigenvalue weighted by Gasteiger charge is -2.26. The molecule has 0 aromatic heterocycles. The molecule has 0 atom stereocenters. The summed E-state index contributed by atoms with van der Waals surface area (Å²) in [6, 6.07) is 18.4. The van der Waals surface area contributed by atoms with Gasteiger partial charge in [0.05, 0.1) is 17.6 Å². The Hall–Kier alpha value is -3.14. The van der Waals surface area contributed by atoms with Crippen molar-refractivity contribution >= 4 is 44.3 Å². The van der Waals surface area contributed by atoms with Crippen molar-refractivity contribution in [2.24, 2.45) is 5.41 Å². The first kappa shape index (κ1) is 22.1. The van der Waals surface area contributed by atoms with Gasteiger partial charge in [-0.2, -0.15) is 0 Å². The van der Waals surface area contributed by atoms with Crippen LogP contribution in [0.25, 0.3) is 32.3 Å². The molecule has 0 N–H and O–H groups in total. The Morgan fingerprint density at radius 3 is 1.91 bits per heavy atom. The van der Waals surface area contributed by atoms with Crippen molar-refractivity contribution < 1.29 is 19.1 Å². The quantitative estimate of drug-likeness (QED) is 0.237. The normalized spacial score (nSPS) is 12.5. The topological polar surface area (TPSA) is 52.6 Å². The lowest BCUT2D eigenvalue weighted by atomic mass is 9.91. The van der Waals surface area contributed by atoms with Gasteiger partial charge >= 0.3 is 11.9 Å². The van der Waals surface area contributed by atoms with E-state index >= 15 is 0 Å². The minimum absolute atomic E-state index is 0.211. The summed E-state index contributed by atoms with van der Waals surface area (Å²) in [6.45, 7) is 9.59. The van der Waals surface area contributed by atoms with Crippen LogP contribution in [0.2, 0.25) is 0 Å². The Morgan fingerprint density at radius 1 is 0.812 bits per heavy atom. The highest BCUT2D eigenvalue weighted by Gasteiger charge is 2.29. The van der Waals surface area contributed by atoms with Crippen LogP contribution < -0.4 is 0 Å². The van der Waals surface area contributed by atoms with Gasteiger partial charge in [0.15, 0.2) is 0 Å². The Bertz CT molecular complexity index is 1240. The van der Waals surface area contributed by atoms with Crippen LogP contribution >= 0.6 is 0 Å². The van der Waals surface area contributed by atoms with Crippen LogP contribution in [0.3, 0.4) is 0 Å². The molecule has 0 amide bonds. The standard InChI is InChI=1S/C28H30O4/c1-6-27(2,3)26(30)31-15-14-28(4,5)32-25(29)22-16-20-12-10-18-8-7-9-19-11-13-21(17-22)24(20)23(18)19/h7-13,16-17H,6,14-15H2,1-5H3. The van der Waals surface area contributed by atoms with E-state index in [0.29, 0.717) is 18.4 Å². The molecular formula is C28H30O4. The Kier molecular flexibility index (Phi) is 5.58.